The minimum absolute atomic E-state index is 0.541. The van der Waals surface area contributed by atoms with Crippen LogP contribution in [0.1, 0.15) is 39.5 Å². The molecule has 2 saturated carbocycles. The van der Waals surface area contributed by atoms with Gasteiger partial charge < -0.3 is 10.6 Å². The highest BCUT2D eigenvalue weighted by Gasteiger charge is 2.41. The van der Waals surface area contributed by atoms with E-state index >= 15 is 0 Å². The van der Waals surface area contributed by atoms with Crippen molar-refractivity contribution in [3.05, 3.63) is 18.2 Å². The van der Waals surface area contributed by atoms with Crippen molar-refractivity contribution in [1.82, 2.24) is 4.98 Å². The van der Waals surface area contributed by atoms with Gasteiger partial charge in [0.05, 0.1) is 0 Å². The molecule has 0 radical (unpaired) electrons. The molecule has 2 aliphatic rings. The number of pyridine rings is 1. The molecule has 3 heteroatoms. The van der Waals surface area contributed by atoms with Crippen LogP contribution in [0.5, 0.6) is 0 Å². The third kappa shape index (κ3) is 2.70. The fourth-order valence-electron chi connectivity index (χ4n) is 4.04. The van der Waals surface area contributed by atoms with Crippen LogP contribution in [0, 0.1) is 17.8 Å². The van der Waals surface area contributed by atoms with Gasteiger partial charge in [0.15, 0.2) is 0 Å². The molecule has 0 spiro atoms. The Balaban J connectivity index is 1.62. The van der Waals surface area contributed by atoms with Gasteiger partial charge in [-0.1, -0.05) is 12.5 Å². The van der Waals surface area contributed by atoms with E-state index in [2.05, 4.69) is 41.6 Å². The quantitative estimate of drug-likeness (QED) is 0.845. The number of anilines is 2. The van der Waals surface area contributed by atoms with Crippen LogP contribution in [0.4, 0.5) is 11.6 Å². The van der Waals surface area contributed by atoms with Gasteiger partial charge in [-0.05, 0) is 63.0 Å². The van der Waals surface area contributed by atoms with Crippen molar-refractivity contribution in [2.45, 2.75) is 45.6 Å². The zero-order chi connectivity index (χ0) is 13.2. The number of aromatic nitrogens is 1. The summed E-state index contributed by atoms with van der Waals surface area (Å²) in [6, 6.07) is 6.71. The lowest BCUT2D eigenvalue weighted by Crippen LogP contribution is -2.30. The van der Waals surface area contributed by atoms with Gasteiger partial charge >= 0.3 is 0 Å². The summed E-state index contributed by atoms with van der Waals surface area (Å²) in [4.78, 5) is 4.61. The predicted molar refractivity (Wildman–Crippen MR) is 80.4 cm³/mol. The molecule has 0 aliphatic heterocycles. The monoisotopic (exact) mass is 259 g/mol. The molecule has 3 rings (SSSR count). The van der Waals surface area contributed by atoms with Crippen LogP contribution in [0.3, 0.4) is 0 Å². The van der Waals surface area contributed by atoms with E-state index in [1.165, 1.54) is 25.7 Å². The van der Waals surface area contributed by atoms with E-state index < -0.39 is 0 Å². The van der Waals surface area contributed by atoms with E-state index in [4.69, 9.17) is 0 Å². The summed E-state index contributed by atoms with van der Waals surface area (Å²) in [5.41, 5.74) is 0. The first-order valence-corrected chi connectivity index (χ1v) is 7.73. The maximum atomic E-state index is 4.61. The standard InChI is InChI=1S/C16H25N3/c1-3-17-15-5-4-6-16(19-15)18-11(2)14-10-12-7-8-13(14)9-12/h4-6,11-14H,3,7-10H2,1-2H3,(H2,17,18,19). The molecule has 4 atom stereocenters. The fourth-order valence-corrected chi connectivity index (χ4v) is 4.04. The Labute approximate surface area is 116 Å². The van der Waals surface area contributed by atoms with Gasteiger partial charge in [-0.15, -0.1) is 0 Å². The van der Waals surface area contributed by atoms with E-state index in [1.54, 1.807) is 0 Å². The minimum Gasteiger partial charge on any atom is -0.370 e. The zero-order valence-corrected chi connectivity index (χ0v) is 12.0. The van der Waals surface area contributed by atoms with Crippen molar-refractivity contribution >= 4 is 11.6 Å². The van der Waals surface area contributed by atoms with Crippen LogP contribution in [-0.4, -0.2) is 17.6 Å². The smallest absolute Gasteiger partial charge is 0.128 e. The van der Waals surface area contributed by atoms with Crippen molar-refractivity contribution in [2.75, 3.05) is 17.2 Å². The van der Waals surface area contributed by atoms with Crippen LogP contribution in [0.2, 0.25) is 0 Å². The molecule has 1 heterocycles. The molecule has 0 saturated heterocycles. The van der Waals surface area contributed by atoms with Gasteiger partial charge in [0, 0.05) is 12.6 Å². The summed E-state index contributed by atoms with van der Waals surface area (Å²) in [7, 11) is 0. The number of hydrogen-bond donors (Lipinski definition) is 2. The highest BCUT2D eigenvalue weighted by molar-refractivity contribution is 5.45. The molecule has 3 nitrogen and oxygen atoms in total. The van der Waals surface area contributed by atoms with Crippen molar-refractivity contribution < 1.29 is 0 Å². The summed E-state index contributed by atoms with van der Waals surface area (Å²) in [6.07, 6.45) is 5.82. The second-order valence-electron chi connectivity index (χ2n) is 6.21. The Kier molecular flexibility index (Phi) is 3.63. The molecule has 0 amide bonds. The average Bonchev–Trinajstić information content (AvgIpc) is 3.02. The van der Waals surface area contributed by atoms with Gasteiger partial charge in [0.25, 0.3) is 0 Å². The number of hydrogen-bond acceptors (Lipinski definition) is 3. The van der Waals surface area contributed by atoms with E-state index in [0.29, 0.717) is 6.04 Å². The first kappa shape index (κ1) is 12.8. The lowest BCUT2D eigenvalue weighted by molar-refractivity contribution is 0.304. The molecule has 104 valence electrons. The zero-order valence-electron chi connectivity index (χ0n) is 12.0. The van der Waals surface area contributed by atoms with Crippen LogP contribution in [0.25, 0.3) is 0 Å². The van der Waals surface area contributed by atoms with Crippen molar-refractivity contribution in [3.63, 3.8) is 0 Å². The lowest BCUT2D eigenvalue weighted by Gasteiger charge is -2.29. The topological polar surface area (TPSA) is 37.0 Å². The molecule has 2 aliphatic carbocycles. The maximum Gasteiger partial charge on any atom is 0.128 e. The number of rotatable bonds is 5. The summed E-state index contributed by atoms with van der Waals surface area (Å²) >= 11 is 0. The Morgan fingerprint density at radius 2 is 2.11 bits per heavy atom. The molecule has 4 unspecified atom stereocenters. The number of fused-ring (bicyclic) bond motifs is 2. The highest BCUT2D eigenvalue weighted by atomic mass is 15.1. The summed E-state index contributed by atoms with van der Waals surface area (Å²) in [6.45, 7) is 5.34. The van der Waals surface area contributed by atoms with E-state index in [-0.39, 0.29) is 0 Å². The van der Waals surface area contributed by atoms with Crippen LogP contribution in [0.15, 0.2) is 18.2 Å². The van der Waals surface area contributed by atoms with Crippen LogP contribution in [-0.2, 0) is 0 Å². The molecule has 0 aromatic carbocycles. The number of nitrogens with zero attached hydrogens (tertiary/aromatic N) is 1. The highest BCUT2D eigenvalue weighted by Crippen LogP contribution is 2.49. The molecular formula is C16H25N3. The van der Waals surface area contributed by atoms with E-state index in [0.717, 1.165) is 35.9 Å². The molecule has 2 bridgehead atoms. The van der Waals surface area contributed by atoms with Gasteiger partial charge in [-0.3, -0.25) is 0 Å². The van der Waals surface area contributed by atoms with E-state index in [1.807, 2.05) is 6.07 Å². The van der Waals surface area contributed by atoms with Crippen molar-refractivity contribution in [1.29, 1.82) is 0 Å². The predicted octanol–water partition coefficient (Wildman–Crippen LogP) is 3.75. The van der Waals surface area contributed by atoms with Gasteiger partial charge in [-0.2, -0.15) is 0 Å². The largest absolute Gasteiger partial charge is 0.370 e. The van der Waals surface area contributed by atoms with Gasteiger partial charge in [0.2, 0.25) is 0 Å². The van der Waals surface area contributed by atoms with Crippen molar-refractivity contribution in [3.8, 4) is 0 Å². The third-order valence-corrected chi connectivity index (χ3v) is 4.92. The third-order valence-electron chi connectivity index (χ3n) is 4.92. The summed E-state index contributed by atoms with van der Waals surface area (Å²) < 4.78 is 0. The summed E-state index contributed by atoms with van der Waals surface area (Å²) in [5.74, 6) is 4.80. The second-order valence-corrected chi connectivity index (χ2v) is 6.21. The molecule has 1 aromatic rings. The Hall–Kier alpha value is -1.25. The van der Waals surface area contributed by atoms with Gasteiger partial charge in [0.1, 0.15) is 11.6 Å². The first-order chi connectivity index (χ1) is 9.26. The fraction of sp³-hybridized carbons (Fsp3) is 0.688. The maximum absolute atomic E-state index is 4.61. The molecule has 1 aromatic heterocycles. The molecule has 19 heavy (non-hydrogen) atoms. The summed E-state index contributed by atoms with van der Waals surface area (Å²) in [5, 5.41) is 6.88. The Morgan fingerprint density at radius 3 is 2.79 bits per heavy atom. The normalized spacial score (nSPS) is 30.3. The first-order valence-electron chi connectivity index (χ1n) is 7.73. The molecule has 2 fully saturated rings. The Bertz CT molecular complexity index is 432. The number of nitrogens with one attached hydrogen (secondary N) is 2. The SMILES string of the molecule is CCNc1cccc(NC(C)C2CC3CCC2C3)n1. The second kappa shape index (κ2) is 5.40. The van der Waals surface area contributed by atoms with E-state index in [9.17, 15) is 0 Å². The average molecular weight is 259 g/mol. The van der Waals surface area contributed by atoms with Crippen molar-refractivity contribution in [2.24, 2.45) is 17.8 Å². The molecular weight excluding hydrogens is 234 g/mol. The minimum atomic E-state index is 0.541. The molecule has 2 N–H and O–H groups in total. The lowest BCUT2D eigenvalue weighted by atomic mass is 9.84. The van der Waals surface area contributed by atoms with Gasteiger partial charge in [-0.25, -0.2) is 4.98 Å². The van der Waals surface area contributed by atoms with Crippen LogP contribution >= 0.6 is 0 Å². The Morgan fingerprint density at radius 1 is 1.26 bits per heavy atom. The van der Waals surface area contributed by atoms with Crippen LogP contribution < -0.4 is 10.6 Å².